The van der Waals surface area contributed by atoms with Crippen LogP contribution in [0.1, 0.15) is 17.0 Å². The second-order valence-electron chi connectivity index (χ2n) is 4.19. The summed E-state index contributed by atoms with van der Waals surface area (Å²) in [6, 6.07) is 2.04. The van der Waals surface area contributed by atoms with Crippen molar-refractivity contribution in [1.29, 1.82) is 0 Å². The molecular formula is C13H11ClN2S. The highest BCUT2D eigenvalue weighted by Gasteiger charge is 2.14. The van der Waals surface area contributed by atoms with Crippen LogP contribution in [0, 0.1) is 20.8 Å². The fourth-order valence-electron chi connectivity index (χ4n) is 2.17. The first-order chi connectivity index (χ1) is 8.09. The van der Waals surface area contributed by atoms with Gasteiger partial charge in [0.05, 0.1) is 21.1 Å². The van der Waals surface area contributed by atoms with E-state index in [4.69, 9.17) is 11.6 Å². The van der Waals surface area contributed by atoms with Crippen molar-refractivity contribution in [3.8, 4) is 0 Å². The Kier molecular flexibility index (Phi) is 2.35. The van der Waals surface area contributed by atoms with Crippen molar-refractivity contribution in [3.05, 3.63) is 34.2 Å². The molecule has 0 aromatic carbocycles. The van der Waals surface area contributed by atoms with Crippen LogP contribution < -0.4 is 0 Å². The highest BCUT2D eigenvalue weighted by atomic mass is 35.5. The summed E-state index contributed by atoms with van der Waals surface area (Å²) in [6.45, 7) is 6.03. The zero-order valence-electron chi connectivity index (χ0n) is 9.84. The molecule has 3 aromatic rings. The zero-order valence-corrected chi connectivity index (χ0v) is 11.4. The lowest BCUT2D eigenvalue weighted by Gasteiger charge is -2.03. The molecule has 0 saturated carbocycles. The Balaban J connectivity index is 2.62. The van der Waals surface area contributed by atoms with Gasteiger partial charge in [0, 0.05) is 17.0 Å². The van der Waals surface area contributed by atoms with E-state index in [1.54, 1.807) is 11.3 Å². The van der Waals surface area contributed by atoms with Gasteiger partial charge >= 0.3 is 0 Å². The van der Waals surface area contributed by atoms with Gasteiger partial charge in [0.15, 0.2) is 0 Å². The Labute approximate surface area is 108 Å². The first-order valence-electron chi connectivity index (χ1n) is 5.40. The molecule has 2 nitrogen and oxygen atoms in total. The molecule has 0 atom stereocenters. The van der Waals surface area contributed by atoms with Crippen molar-refractivity contribution in [2.75, 3.05) is 0 Å². The van der Waals surface area contributed by atoms with Crippen molar-refractivity contribution in [1.82, 2.24) is 9.97 Å². The van der Waals surface area contributed by atoms with E-state index in [1.165, 1.54) is 15.5 Å². The minimum absolute atomic E-state index is 0.770. The minimum Gasteiger partial charge on any atom is -0.260 e. The molecule has 0 N–H and O–H groups in total. The van der Waals surface area contributed by atoms with E-state index < -0.39 is 0 Å². The fraction of sp³-hybridized carbons (Fsp3) is 0.231. The van der Waals surface area contributed by atoms with Crippen molar-refractivity contribution in [2.24, 2.45) is 0 Å². The number of hydrogen-bond donors (Lipinski definition) is 0. The highest BCUT2D eigenvalue weighted by Crippen LogP contribution is 2.38. The van der Waals surface area contributed by atoms with Gasteiger partial charge in [-0.3, -0.25) is 4.98 Å². The fourth-order valence-corrected chi connectivity index (χ4v) is 3.52. The minimum atomic E-state index is 0.770. The Morgan fingerprint density at radius 1 is 1.18 bits per heavy atom. The molecule has 0 radical (unpaired) electrons. The van der Waals surface area contributed by atoms with Crippen molar-refractivity contribution < 1.29 is 0 Å². The van der Waals surface area contributed by atoms with Gasteiger partial charge in [-0.2, -0.15) is 0 Å². The maximum Gasteiger partial charge on any atom is 0.125 e. The molecule has 0 spiro atoms. The predicted octanol–water partition coefficient (Wildman–Crippen LogP) is 4.42. The number of thiophene rings is 1. The smallest absolute Gasteiger partial charge is 0.125 e. The molecule has 0 amide bonds. The lowest BCUT2D eigenvalue weighted by atomic mass is 10.1. The first-order valence-corrected chi connectivity index (χ1v) is 6.59. The molecular weight excluding hydrogens is 252 g/mol. The number of aromatic nitrogens is 2. The second-order valence-corrected chi connectivity index (χ2v) is 5.57. The molecule has 3 rings (SSSR count). The Morgan fingerprint density at radius 2 is 1.94 bits per heavy atom. The first kappa shape index (κ1) is 10.9. The average Bonchev–Trinajstić information content (AvgIpc) is 2.66. The summed E-state index contributed by atoms with van der Waals surface area (Å²) in [5.41, 5.74) is 3.07. The molecule has 17 heavy (non-hydrogen) atoms. The van der Waals surface area contributed by atoms with Crippen LogP contribution in [0.5, 0.6) is 0 Å². The lowest BCUT2D eigenvalue weighted by Crippen LogP contribution is -1.87. The summed E-state index contributed by atoms with van der Waals surface area (Å²) >= 11 is 7.97. The molecule has 0 unspecified atom stereocenters. The zero-order chi connectivity index (χ0) is 12.2. The summed E-state index contributed by atoms with van der Waals surface area (Å²) < 4.78 is 1.21. The number of hydrogen-bond acceptors (Lipinski definition) is 3. The molecule has 86 valence electrons. The molecule has 0 aliphatic heterocycles. The van der Waals surface area contributed by atoms with Gasteiger partial charge < -0.3 is 0 Å². The SMILES string of the molecule is Cc1nc2sc3c(C)nccc3c2c(C)c1Cl. The number of nitrogens with zero attached hydrogens (tertiary/aromatic N) is 2. The number of aryl methyl sites for hydroxylation is 3. The van der Waals surface area contributed by atoms with Crippen LogP contribution in [-0.4, -0.2) is 9.97 Å². The summed E-state index contributed by atoms with van der Waals surface area (Å²) in [6.07, 6.45) is 1.84. The summed E-state index contributed by atoms with van der Waals surface area (Å²) in [5.74, 6) is 0. The number of fused-ring (bicyclic) bond motifs is 3. The third-order valence-corrected chi connectivity index (χ3v) is 4.82. The van der Waals surface area contributed by atoms with Crippen LogP contribution in [0.2, 0.25) is 5.02 Å². The third kappa shape index (κ3) is 1.46. The Hall–Kier alpha value is -1.19. The van der Waals surface area contributed by atoms with Crippen LogP contribution in [0.25, 0.3) is 20.3 Å². The Bertz CT molecular complexity index is 746. The maximum absolute atomic E-state index is 6.28. The van der Waals surface area contributed by atoms with Crippen molar-refractivity contribution in [2.45, 2.75) is 20.8 Å². The van der Waals surface area contributed by atoms with Gasteiger partial charge in [-0.1, -0.05) is 11.6 Å². The topological polar surface area (TPSA) is 25.8 Å². The van der Waals surface area contributed by atoms with Crippen molar-refractivity contribution >= 4 is 43.2 Å². The van der Waals surface area contributed by atoms with E-state index in [2.05, 4.69) is 16.9 Å². The normalized spacial score (nSPS) is 11.5. The van der Waals surface area contributed by atoms with Gasteiger partial charge in [0.1, 0.15) is 4.83 Å². The van der Waals surface area contributed by atoms with E-state index in [0.29, 0.717) is 0 Å². The van der Waals surface area contributed by atoms with Gasteiger partial charge in [-0.15, -0.1) is 11.3 Å². The van der Waals surface area contributed by atoms with E-state index in [-0.39, 0.29) is 0 Å². The molecule has 4 heteroatoms. The van der Waals surface area contributed by atoms with E-state index in [9.17, 15) is 0 Å². The van der Waals surface area contributed by atoms with Crippen LogP contribution >= 0.6 is 22.9 Å². The van der Waals surface area contributed by atoms with E-state index in [0.717, 1.165) is 26.8 Å². The monoisotopic (exact) mass is 262 g/mol. The largest absolute Gasteiger partial charge is 0.260 e. The van der Waals surface area contributed by atoms with E-state index >= 15 is 0 Å². The summed E-state index contributed by atoms with van der Waals surface area (Å²) in [4.78, 5) is 9.95. The number of pyridine rings is 2. The van der Waals surface area contributed by atoms with Gasteiger partial charge in [-0.05, 0) is 32.4 Å². The molecule has 0 aliphatic rings. The molecule has 0 saturated heterocycles. The third-order valence-electron chi connectivity index (χ3n) is 3.06. The Morgan fingerprint density at radius 3 is 2.71 bits per heavy atom. The molecule has 0 fully saturated rings. The average molecular weight is 263 g/mol. The maximum atomic E-state index is 6.28. The van der Waals surface area contributed by atoms with E-state index in [1.807, 2.05) is 26.1 Å². The standard InChI is InChI=1S/C13H11ClN2S/c1-6-10-9-4-5-15-8(3)12(9)17-13(10)16-7(2)11(6)14/h4-5H,1-3H3. The number of rotatable bonds is 0. The predicted molar refractivity (Wildman–Crippen MR) is 74.1 cm³/mol. The molecule has 3 aromatic heterocycles. The number of halogens is 1. The van der Waals surface area contributed by atoms with Gasteiger partial charge in [0.2, 0.25) is 0 Å². The van der Waals surface area contributed by atoms with Crippen LogP contribution in [-0.2, 0) is 0 Å². The molecule has 3 heterocycles. The molecule has 0 aliphatic carbocycles. The summed E-state index contributed by atoms with van der Waals surface area (Å²) in [7, 11) is 0. The second kappa shape index (κ2) is 3.65. The van der Waals surface area contributed by atoms with Gasteiger partial charge in [0.25, 0.3) is 0 Å². The lowest BCUT2D eigenvalue weighted by molar-refractivity contribution is 1.24. The highest BCUT2D eigenvalue weighted by molar-refractivity contribution is 7.25. The summed E-state index contributed by atoms with van der Waals surface area (Å²) in [5, 5.41) is 3.15. The molecule has 0 bridgehead atoms. The van der Waals surface area contributed by atoms with Gasteiger partial charge in [-0.25, -0.2) is 4.98 Å². The van der Waals surface area contributed by atoms with Crippen LogP contribution in [0.15, 0.2) is 12.3 Å². The quantitative estimate of drug-likeness (QED) is 0.599. The van der Waals surface area contributed by atoms with Crippen LogP contribution in [0.4, 0.5) is 0 Å². The van der Waals surface area contributed by atoms with Crippen LogP contribution in [0.3, 0.4) is 0 Å². The van der Waals surface area contributed by atoms with Crippen molar-refractivity contribution in [3.63, 3.8) is 0 Å².